The predicted octanol–water partition coefficient (Wildman–Crippen LogP) is 2.19. The van der Waals surface area contributed by atoms with E-state index in [1.54, 1.807) is 21.0 Å². The third kappa shape index (κ3) is 15.1. The molecule has 0 radical (unpaired) electrons. The number of ether oxygens (including phenoxy) is 5. The summed E-state index contributed by atoms with van der Waals surface area (Å²) in [5.41, 5.74) is 0.157. The van der Waals surface area contributed by atoms with Gasteiger partial charge in [-0.3, -0.25) is 0 Å². The van der Waals surface area contributed by atoms with Crippen molar-refractivity contribution in [1.82, 2.24) is 5.32 Å². The van der Waals surface area contributed by atoms with Gasteiger partial charge in [0.2, 0.25) is 0 Å². The lowest BCUT2D eigenvalue weighted by Gasteiger charge is -2.25. The minimum atomic E-state index is -3.31. The van der Waals surface area contributed by atoms with Crippen LogP contribution in [0.5, 0.6) is 0 Å². The van der Waals surface area contributed by atoms with Crippen LogP contribution in [0.2, 0.25) is 0 Å². The Bertz CT molecular complexity index is 725. The molecule has 1 rings (SSSR count). The minimum Gasteiger partial charge on any atom is -0.445 e. The highest BCUT2D eigenvalue weighted by Crippen LogP contribution is 2.12. The molecule has 9 nitrogen and oxygen atoms in total. The van der Waals surface area contributed by atoms with Crippen LogP contribution in [0, 0.1) is 0 Å². The highest BCUT2D eigenvalue weighted by Gasteiger charge is 2.24. The van der Waals surface area contributed by atoms with Gasteiger partial charge in [0.25, 0.3) is 0 Å². The van der Waals surface area contributed by atoms with Crippen molar-refractivity contribution in [3.63, 3.8) is 0 Å². The standard InChI is InChI=1S/C22H37NO8S/c1-22(2,23-21(24)31-19-20-7-5-4-6-8-20)9-17-32(25,26)18-16-30-15-14-29-13-12-28-11-10-27-3/h4-8H,9-19H2,1-3H3,(H,23,24). The zero-order valence-electron chi connectivity index (χ0n) is 19.3. The van der Waals surface area contributed by atoms with E-state index < -0.39 is 21.5 Å². The fraction of sp³-hybridized carbons (Fsp3) is 0.682. The molecule has 0 spiro atoms. The van der Waals surface area contributed by atoms with E-state index in [4.69, 9.17) is 23.7 Å². The van der Waals surface area contributed by atoms with E-state index in [2.05, 4.69) is 5.32 Å². The number of sulfone groups is 1. The Hall–Kier alpha value is -1.72. The Morgan fingerprint density at radius 1 is 0.875 bits per heavy atom. The summed E-state index contributed by atoms with van der Waals surface area (Å²) in [5.74, 6) is -0.140. The topological polar surface area (TPSA) is 109 Å². The average molecular weight is 476 g/mol. The van der Waals surface area contributed by atoms with Gasteiger partial charge in [-0.05, 0) is 25.8 Å². The zero-order chi connectivity index (χ0) is 23.7. The van der Waals surface area contributed by atoms with Crippen molar-refractivity contribution in [2.45, 2.75) is 32.4 Å². The van der Waals surface area contributed by atoms with Crippen LogP contribution in [-0.4, -0.2) is 84.9 Å². The van der Waals surface area contributed by atoms with Gasteiger partial charge in [0.1, 0.15) is 6.61 Å². The van der Waals surface area contributed by atoms with E-state index in [1.807, 2.05) is 30.3 Å². The summed E-state index contributed by atoms with van der Waals surface area (Å²) in [5, 5.41) is 2.72. The van der Waals surface area contributed by atoms with Crippen LogP contribution in [-0.2, 0) is 40.1 Å². The lowest BCUT2D eigenvalue weighted by molar-refractivity contribution is 0.00555. The van der Waals surface area contributed by atoms with Crippen LogP contribution in [0.1, 0.15) is 25.8 Å². The first kappa shape index (κ1) is 28.3. The Labute approximate surface area is 191 Å². The molecule has 184 valence electrons. The van der Waals surface area contributed by atoms with E-state index >= 15 is 0 Å². The number of amides is 1. The predicted molar refractivity (Wildman–Crippen MR) is 121 cm³/mol. The molecule has 1 amide bonds. The third-order valence-electron chi connectivity index (χ3n) is 4.41. The summed E-state index contributed by atoms with van der Waals surface area (Å²) in [6.45, 7) is 6.45. The van der Waals surface area contributed by atoms with E-state index in [1.165, 1.54) is 0 Å². The molecule has 0 aromatic heterocycles. The minimum absolute atomic E-state index is 0.0579. The Kier molecular flexibility index (Phi) is 14.1. The molecule has 1 aromatic rings. The molecule has 1 N–H and O–H groups in total. The van der Waals surface area contributed by atoms with Gasteiger partial charge in [-0.25, -0.2) is 13.2 Å². The summed E-state index contributed by atoms with van der Waals surface area (Å²) in [4.78, 5) is 12.0. The van der Waals surface area contributed by atoms with Crippen LogP contribution in [0.3, 0.4) is 0 Å². The van der Waals surface area contributed by atoms with Gasteiger partial charge in [-0.2, -0.15) is 0 Å². The molecule has 32 heavy (non-hydrogen) atoms. The molecule has 0 atom stereocenters. The number of carbonyl (C=O) groups is 1. The van der Waals surface area contributed by atoms with Crippen molar-refractivity contribution in [2.75, 3.05) is 64.9 Å². The van der Waals surface area contributed by atoms with Crippen LogP contribution >= 0.6 is 0 Å². The maximum Gasteiger partial charge on any atom is 0.407 e. The molecule has 0 fully saturated rings. The number of nitrogens with one attached hydrogen (secondary N) is 1. The number of alkyl carbamates (subject to hydrolysis) is 1. The molecule has 0 saturated heterocycles. The molecule has 0 aliphatic rings. The summed E-state index contributed by atoms with van der Waals surface area (Å²) in [7, 11) is -1.70. The second-order valence-electron chi connectivity index (χ2n) is 7.80. The second-order valence-corrected chi connectivity index (χ2v) is 10.1. The van der Waals surface area contributed by atoms with Crippen molar-refractivity contribution in [1.29, 1.82) is 0 Å². The molecule has 0 aliphatic heterocycles. The van der Waals surface area contributed by atoms with Crippen LogP contribution < -0.4 is 5.32 Å². The fourth-order valence-electron chi connectivity index (χ4n) is 2.48. The first-order valence-electron chi connectivity index (χ1n) is 10.7. The average Bonchev–Trinajstić information content (AvgIpc) is 2.75. The van der Waals surface area contributed by atoms with E-state index in [0.29, 0.717) is 39.6 Å². The molecule has 0 aliphatic carbocycles. The molecule has 1 aromatic carbocycles. The number of carbonyl (C=O) groups excluding carboxylic acids is 1. The summed E-state index contributed by atoms with van der Waals surface area (Å²) < 4.78 is 50.5. The number of benzene rings is 1. The normalized spacial score (nSPS) is 12.0. The maximum absolute atomic E-state index is 12.3. The van der Waals surface area contributed by atoms with Crippen molar-refractivity contribution < 1.29 is 36.9 Å². The van der Waals surface area contributed by atoms with E-state index in [9.17, 15) is 13.2 Å². The van der Waals surface area contributed by atoms with Crippen LogP contribution in [0.15, 0.2) is 30.3 Å². The number of methoxy groups -OCH3 is 1. The fourth-order valence-corrected chi connectivity index (χ4v) is 3.88. The molecule has 0 saturated carbocycles. The third-order valence-corrected chi connectivity index (χ3v) is 6.02. The van der Waals surface area contributed by atoms with E-state index in [0.717, 1.165) is 5.56 Å². The molecule has 0 heterocycles. The summed E-state index contributed by atoms with van der Waals surface area (Å²) in [6, 6.07) is 9.33. The summed E-state index contributed by atoms with van der Waals surface area (Å²) in [6.07, 6.45) is -0.314. The van der Waals surface area contributed by atoms with Crippen molar-refractivity contribution >= 4 is 15.9 Å². The smallest absolute Gasteiger partial charge is 0.407 e. The Morgan fingerprint density at radius 3 is 2.03 bits per heavy atom. The lowest BCUT2D eigenvalue weighted by Crippen LogP contribution is -2.45. The van der Waals surface area contributed by atoms with Crippen LogP contribution in [0.25, 0.3) is 0 Å². The van der Waals surface area contributed by atoms with Gasteiger partial charge in [-0.1, -0.05) is 30.3 Å². The van der Waals surface area contributed by atoms with Crippen molar-refractivity contribution in [3.05, 3.63) is 35.9 Å². The summed E-state index contributed by atoms with van der Waals surface area (Å²) >= 11 is 0. The molecule has 10 heteroatoms. The molecular weight excluding hydrogens is 438 g/mol. The molecule has 0 bridgehead atoms. The second kappa shape index (κ2) is 16.0. The van der Waals surface area contributed by atoms with Gasteiger partial charge in [0.05, 0.1) is 57.8 Å². The van der Waals surface area contributed by atoms with Crippen molar-refractivity contribution in [2.24, 2.45) is 0 Å². The monoisotopic (exact) mass is 475 g/mol. The number of rotatable bonds is 18. The highest BCUT2D eigenvalue weighted by molar-refractivity contribution is 7.91. The Balaban J connectivity index is 2.12. The maximum atomic E-state index is 12.3. The largest absolute Gasteiger partial charge is 0.445 e. The van der Waals surface area contributed by atoms with Crippen LogP contribution in [0.4, 0.5) is 4.79 Å². The first-order valence-corrected chi connectivity index (χ1v) is 12.5. The number of hydrogen-bond donors (Lipinski definition) is 1. The first-order chi connectivity index (χ1) is 15.2. The Morgan fingerprint density at radius 2 is 1.44 bits per heavy atom. The molecular formula is C22H37NO8S. The quantitative estimate of drug-likeness (QED) is 0.322. The van der Waals surface area contributed by atoms with Gasteiger partial charge >= 0.3 is 6.09 Å². The lowest BCUT2D eigenvalue weighted by atomic mass is 10.0. The van der Waals surface area contributed by atoms with Gasteiger partial charge in [0.15, 0.2) is 9.84 Å². The van der Waals surface area contributed by atoms with Crippen molar-refractivity contribution in [3.8, 4) is 0 Å². The number of hydrogen-bond acceptors (Lipinski definition) is 8. The van der Waals surface area contributed by atoms with Gasteiger partial charge < -0.3 is 29.0 Å². The van der Waals surface area contributed by atoms with Gasteiger partial charge in [0, 0.05) is 12.6 Å². The SMILES string of the molecule is COCCOCCOCCOCCS(=O)(=O)CCC(C)(C)NC(=O)OCc1ccccc1. The van der Waals surface area contributed by atoms with E-state index in [-0.39, 0.29) is 31.1 Å². The highest BCUT2D eigenvalue weighted by atomic mass is 32.2. The van der Waals surface area contributed by atoms with Gasteiger partial charge in [-0.15, -0.1) is 0 Å². The molecule has 0 unspecified atom stereocenters. The zero-order valence-corrected chi connectivity index (χ0v) is 20.2.